The number of carbonyl (C=O) groups is 1. The van der Waals surface area contributed by atoms with Crippen LogP contribution in [0.5, 0.6) is 11.5 Å². The molecule has 1 aliphatic rings. The van der Waals surface area contributed by atoms with Crippen LogP contribution in [0.15, 0.2) is 34.9 Å². The number of hydrogen-bond donors (Lipinski definition) is 0. The molecule has 2 heterocycles. The number of benzene rings is 1. The quantitative estimate of drug-likeness (QED) is 0.865. The minimum absolute atomic E-state index is 0.0453. The zero-order chi connectivity index (χ0) is 16.4. The van der Waals surface area contributed by atoms with E-state index in [0.717, 1.165) is 11.4 Å². The Bertz CT molecular complexity index is 697. The topological polar surface area (TPSA) is 64.8 Å². The van der Waals surface area contributed by atoms with E-state index in [2.05, 4.69) is 5.16 Å². The number of nitrogens with zero attached hydrogens (tertiary/aromatic N) is 2. The standard InChI is InChI=1S/C17H20N2O4/c1-11-8-13(23-18-11)9-17(20)19(3)12(2)16-10-21-14-6-4-5-7-15(14)22-16/h4-8,12,16H,9-10H2,1-3H3/t12-,16+/m1/s1. The fourth-order valence-electron chi connectivity index (χ4n) is 2.52. The van der Waals surface area contributed by atoms with Crippen molar-refractivity contribution in [1.82, 2.24) is 10.1 Å². The third-order valence-corrected chi connectivity index (χ3v) is 4.08. The summed E-state index contributed by atoms with van der Waals surface area (Å²) in [6.45, 7) is 4.19. The summed E-state index contributed by atoms with van der Waals surface area (Å²) in [5.41, 5.74) is 0.768. The Balaban J connectivity index is 1.63. The van der Waals surface area contributed by atoms with E-state index in [9.17, 15) is 4.79 Å². The van der Waals surface area contributed by atoms with Crippen LogP contribution in [0.2, 0.25) is 0 Å². The van der Waals surface area contributed by atoms with Crippen LogP contribution in [0, 0.1) is 6.92 Å². The number of hydrogen-bond acceptors (Lipinski definition) is 5. The van der Waals surface area contributed by atoms with Crippen molar-refractivity contribution in [3.05, 3.63) is 41.8 Å². The molecule has 0 spiro atoms. The van der Waals surface area contributed by atoms with Crippen LogP contribution < -0.4 is 9.47 Å². The van der Waals surface area contributed by atoms with Crippen molar-refractivity contribution in [3.63, 3.8) is 0 Å². The van der Waals surface area contributed by atoms with Crippen LogP contribution in [-0.2, 0) is 11.2 Å². The van der Waals surface area contributed by atoms with Crippen molar-refractivity contribution in [3.8, 4) is 11.5 Å². The van der Waals surface area contributed by atoms with E-state index in [4.69, 9.17) is 14.0 Å². The molecular weight excluding hydrogens is 296 g/mol. The number of para-hydroxylation sites is 2. The summed E-state index contributed by atoms with van der Waals surface area (Å²) >= 11 is 0. The Labute approximate surface area is 135 Å². The van der Waals surface area contributed by atoms with Gasteiger partial charge in [-0.05, 0) is 26.0 Å². The lowest BCUT2D eigenvalue weighted by Crippen LogP contribution is -2.49. The van der Waals surface area contributed by atoms with Crippen LogP contribution in [0.25, 0.3) is 0 Å². The van der Waals surface area contributed by atoms with E-state index in [1.54, 1.807) is 18.0 Å². The molecular formula is C17H20N2O4. The first-order valence-corrected chi connectivity index (χ1v) is 7.61. The van der Waals surface area contributed by atoms with E-state index >= 15 is 0 Å². The van der Waals surface area contributed by atoms with Gasteiger partial charge in [0.25, 0.3) is 0 Å². The Hall–Kier alpha value is -2.50. The van der Waals surface area contributed by atoms with Gasteiger partial charge in [-0.25, -0.2) is 0 Å². The average molecular weight is 316 g/mol. The van der Waals surface area contributed by atoms with Crippen molar-refractivity contribution in [2.45, 2.75) is 32.4 Å². The number of fused-ring (bicyclic) bond motifs is 1. The highest BCUT2D eigenvalue weighted by molar-refractivity contribution is 5.78. The molecule has 0 aliphatic carbocycles. The largest absolute Gasteiger partial charge is 0.486 e. The number of aromatic nitrogens is 1. The summed E-state index contributed by atoms with van der Waals surface area (Å²) in [6.07, 6.45) is -0.0263. The molecule has 2 atom stereocenters. The number of likely N-dealkylation sites (N-methyl/N-ethyl adjacent to an activating group) is 1. The molecule has 122 valence electrons. The predicted molar refractivity (Wildman–Crippen MR) is 83.5 cm³/mol. The van der Waals surface area contributed by atoms with Crippen LogP contribution in [0.4, 0.5) is 0 Å². The van der Waals surface area contributed by atoms with Gasteiger partial charge in [0.2, 0.25) is 5.91 Å². The molecule has 1 aliphatic heterocycles. The summed E-state index contributed by atoms with van der Waals surface area (Å²) in [5.74, 6) is 1.97. The van der Waals surface area contributed by atoms with Gasteiger partial charge >= 0.3 is 0 Å². The highest BCUT2D eigenvalue weighted by Crippen LogP contribution is 2.32. The lowest BCUT2D eigenvalue weighted by Gasteiger charge is -2.35. The van der Waals surface area contributed by atoms with E-state index in [1.807, 2.05) is 38.1 Å². The van der Waals surface area contributed by atoms with Crippen molar-refractivity contribution in [2.24, 2.45) is 0 Å². The van der Waals surface area contributed by atoms with Crippen LogP contribution >= 0.6 is 0 Å². The highest BCUT2D eigenvalue weighted by atomic mass is 16.6. The zero-order valence-corrected chi connectivity index (χ0v) is 13.5. The van der Waals surface area contributed by atoms with E-state index < -0.39 is 0 Å². The number of amides is 1. The Morgan fingerprint density at radius 1 is 1.39 bits per heavy atom. The van der Waals surface area contributed by atoms with Gasteiger partial charge in [0, 0.05) is 13.1 Å². The molecule has 1 amide bonds. The SMILES string of the molecule is Cc1cc(CC(=O)N(C)[C@H](C)[C@@H]2COc3ccccc3O2)on1. The molecule has 0 unspecified atom stereocenters. The molecule has 23 heavy (non-hydrogen) atoms. The summed E-state index contributed by atoms with van der Waals surface area (Å²) < 4.78 is 16.8. The second-order valence-electron chi connectivity index (χ2n) is 5.77. The van der Waals surface area contributed by atoms with E-state index in [0.29, 0.717) is 18.1 Å². The normalized spacial score (nSPS) is 17.6. The molecule has 1 aromatic heterocycles. The van der Waals surface area contributed by atoms with Crippen molar-refractivity contribution in [2.75, 3.05) is 13.7 Å². The Kier molecular flexibility index (Phi) is 4.23. The Morgan fingerprint density at radius 2 is 2.13 bits per heavy atom. The van der Waals surface area contributed by atoms with Gasteiger partial charge < -0.3 is 18.9 Å². The van der Waals surface area contributed by atoms with Gasteiger partial charge in [0.15, 0.2) is 17.6 Å². The van der Waals surface area contributed by atoms with Gasteiger partial charge in [-0.2, -0.15) is 0 Å². The first-order valence-electron chi connectivity index (χ1n) is 7.61. The second kappa shape index (κ2) is 6.32. The minimum Gasteiger partial charge on any atom is -0.486 e. The lowest BCUT2D eigenvalue weighted by molar-refractivity contribution is -0.133. The third kappa shape index (κ3) is 3.31. The average Bonchev–Trinajstić information content (AvgIpc) is 2.97. The third-order valence-electron chi connectivity index (χ3n) is 4.08. The molecule has 6 heteroatoms. The number of aryl methyl sites for hydroxylation is 1. The fourth-order valence-corrected chi connectivity index (χ4v) is 2.52. The summed E-state index contributed by atoms with van der Waals surface area (Å²) in [7, 11) is 1.76. The number of carbonyl (C=O) groups excluding carboxylic acids is 1. The van der Waals surface area contributed by atoms with Crippen molar-refractivity contribution < 1.29 is 18.8 Å². The van der Waals surface area contributed by atoms with Gasteiger partial charge in [0.1, 0.15) is 12.4 Å². The summed E-state index contributed by atoms with van der Waals surface area (Å²) in [4.78, 5) is 14.1. The number of ether oxygens (including phenoxy) is 2. The molecule has 2 aromatic rings. The van der Waals surface area contributed by atoms with Gasteiger partial charge in [0.05, 0.1) is 18.2 Å². The maximum atomic E-state index is 12.4. The van der Waals surface area contributed by atoms with Crippen molar-refractivity contribution >= 4 is 5.91 Å². The molecule has 6 nitrogen and oxygen atoms in total. The van der Waals surface area contributed by atoms with Gasteiger partial charge in [-0.15, -0.1) is 0 Å². The van der Waals surface area contributed by atoms with Crippen molar-refractivity contribution in [1.29, 1.82) is 0 Å². The first kappa shape index (κ1) is 15.4. The molecule has 0 saturated carbocycles. The molecule has 0 radical (unpaired) electrons. The smallest absolute Gasteiger partial charge is 0.230 e. The summed E-state index contributed by atoms with van der Waals surface area (Å²) in [6, 6.07) is 9.19. The zero-order valence-electron chi connectivity index (χ0n) is 13.5. The molecule has 0 fully saturated rings. The fraction of sp³-hybridized carbons (Fsp3) is 0.412. The monoisotopic (exact) mass is 316 g/mol. The van der Waals surface area contributed by atoms with Crippen LogP contribution in [0.1, 0.15) is 18.4 Å². The van der Waals surface area contributed by atoms with E-state index in [-0.39, 0.29) is 24.5 Å². The maximum Gasteiger partial charge on any atom is 0.230 e. The first-order chi connectivity index (χ1) is 11.0. The molecule has 0 N–H and O–H groups in total. The molecule has 0 bridgehead atoms. The summed E-state index contributed by atoms with van der Waals surface area (Å²) in [5, 5.41) is 3.80. The van der Waals surface area contributed by atoms with Crippen LogP contribution in [0.3, 0.4) is 0 Å². The van der Waals surface area contributed by atoms with Gasteiger partial charge in [-0.3, -0.25) is 4.79 Å². The lowest BCUT2D eigenvalue weighted by atomic mass is 10.1. The maximum absolute atomic E-state index is 12.4. The van der Waals surface area contributed by atoms with Gasteiger partial charge in [-0.1, -0.05) is 17.3 Å². The van der Waals surface area contributed by atoms with E-state index in [1.165, 1.54) is 0 Å². The predicted octanol–water partition coefficient (Wildman–Crippen LogP) is 2.21. The second-order valence-corrected chi connectivity index (χ2v) is 5.77. The molecule has 3 rings (SSSR count). The molecule has 0 saturated heterocycles. The Morgan fingerprint density at radius 3 is 2.83 bits per heavy atom. The number of rotatable bonds is 4. The van der Waals surface area contributed by atoms with Crippen LogP contribution in [-0.4, -0.2) is 41.8 Å². The molecule has 1 aromatic carbocycles. The highest BCUT2D eigenvalue weighted by Gasteiger charge is 2.30. The minimum atomic E-state index is -0.213.